The number of carbonyl (C=O) groups is 1. The number of piperazine rings is 1. The topological polar surface area (TPSA) is 63.4 Å². The van der Waals surface area contributed by atoms with Crippen molar-refractivity contribution in [2.45, 2.75) is 26.9 Å². The quantitative estimate of drug-likeness (QED) is 0.463. The van der Waals surface area contributed by atoms with E-state index in [9.17, 15) is 9.59 Å². The van der Waals surface area contributed by atoms with Crippen LogP contribution in [-0.2, 0) is 13.1 Å². The molecule has 0 spiro atoms. The van der Waals surface area contributed by atoms with Crippen LogP contribution in [0.2, 0.25) is 0 Å². The van der Waals surface area contributed by atoms with E-state index in [0.29, 0.717) is 42.1 Å². The number of benzene rings is 2. The third-order valence-electron chi connectivity index (χ3n) is 6.51. The van der Waals surface area contributed by atoms with Crippen molar-refractivity contribution in [1.82, 2.24) is 24.1 Å². The van der Waals surface area contributed by atoms with Crippen LogP contribution < -0.4 is 5.56 Å². The number of rotatable bonds is 5. The number of hydrogen-bond donors (Lipinski definition) is 0. The molecule has 0 N–H and O–H groups in total. The Kier molecular flexibility index (Phi) is 6.02. The van der Waals surface area contributed by atoms with Gasteiger partial charge in [-0.1, -0.05) is 48.0 Å². The molecule has 0 saturated carbocycles. The van der Waals surface area contributed by atoms with Gasteiger partial charge in [-0.2, -0.15) is 9.78 Å². The summed E-state index contributed by atoms with van der Waals surface area (Å²) in [6.07, 6.45) is 3.62. The lowest BCUT2D eigenvalue weighted by Gasteiger charge is -2.35. The van der Waals surface area contributed by atoms with Crippen molar-refractivity contribution in [2.24, 2.45) is 0 Å². The van der Waals surface area contributed by atoms with Gasteiger partial charge in [-0.15, -0.1) is 0 Å². The van der Waals surface area contributed by atoms with Crippen LogP contribution in [0.4, 0.5) is 0 Å². The maximum absolute atomic E-state index is 13.6. The first kappa shape index (κ1) is 22.1. The summed E-state index contributed by atoms with van der Waals surface area (Å²) in [5.41, 5.74) is 4.44. The van der Waals surface area contributed by atoms with Crippen molar-refractivity contribution in [3.8, 4) is 16.9 Å². The number of hydrogen-bond acceptors (Lipinski definition) is 4. The summed E-state index contributed by atoms with van der Waals surface area (Å²) in [5, 5.41) is 4.58. The summed E-state index contributed by atoms with van der Waals surface area (Å²) in [6, 6.07) is 17.9. The van der Waals surface area contributed by atoms with Crippen molar-refractivity contribution in [3.63, 3.8) is 0 Å². The number of fused-ring (bicyclic) bond motifs is 1. The van der Waals surface area contributed by atoms with Crippen molar-refractivity contribution in [3.05, 3.63) is 94.0 Å². The molecule has 1 saturated heterocycles. The fraction of sp³-hybridized carbons (Fsp3) is 0.296. The summed E-state index contributed by atoms with van der Waals surface area (Å²) in [5.74, 6) is -0.0690. The minimum absolute atomic E-state index is 0.0690. The van der Waals surface area contributed by atoms with Crippen molar-refractivity contribution in [1.29, 1.82) is 0 Å². The molecule has 34 heavy (non-hydrogen) atoms. The first-order valence-electron chi connectivity index (χ1n) is 11.8. The lowest BCUT2D eigenvalue weighted by atomic mass is 10.1. The van der Waals surface area contributed by atoms with E-state index in [1.54, 1.807) is 6.20 Å². The van der Waals surface area contributed by atoms with Gasteiger partial charge >= 0.3 is 0 Å². The molecule has 0 unspecified atom stereocenters. The molecule has 3 heterocycles. The van der Waals surface area contributed by atoms with Gasteiger partial charge in [0, 0.05) is 51.7 Å². The average molecular weight is 456 g/mol. The van der Waals surface area contributed by atoms with Crippen LogP contribution in [0.25, 0.3) is 16.9 Å². The number of aromatic nitrogens is 3. The Hall–Kier alpha value is -3.71. The predicted molar refractivity (Wildman–Crippen MR) is 132 cm³/mol. The lowest BCUT2D eigenvalue weighted by molar-refractivity contribution is 0.0628. The van der Waals surface area contributed by atoms with E-state index < -0.39 is 0 Å². The van der Waals surface area contributed by atoms with Crippen LogP contribution in [0.15, 0.2) is 71.8 Å². The number of pyridine rings is 1. The highest BCUT2D eigenvalue weighted by atomic mass is 16.2. The molecule has 7 heteroatoms. The Morgan fingerprint density at radius 1 is 0.941 bits per heavy atom. The van der Waals surface area contributed by atoms with Gasteiger partial charge in [0.05, 0.1) is 16.8 Å². The maximum atomic E-state index is 13.6. The summed E-state index contributed by atoms with van der Waals surface area (Å²) >= 11 is 0. The smallest absolute Gasteiger partial charge is 0.282 e. The Labute approximate surface area is 199 Å². The normalized spacial score (nSPS) is 14.6. The van der Waals surface area contributed by atoms with Gasteiger partial charge in [-0.3, -0.25) is 14.5 Å². The standard InChI is InChI=1S/C27H29N5O2/c1-3-29-18-23(25-24(19-29)27(34)32(28-25)22-7-5-4-6-8-22)26(33)31-15-13-30(14-16-31)17-21-11-9-20(2)10-12-21/h4-12,18-19H,3,13-17H2,1-2H3. The number of aryl methyl sites for hydroxylation is 2. The van der Waals surface area contributed by atoms with Crippen molar-refractivity contribution >= 4 is 5.91 Å². The Bertz CT molecular complexity index is 1320. The van der Waals surface area contributed by atoms with Crippen LogP contribution in [0, 0.1) is 6.92 Å². The predicted octanol–water partition coefficient (Wildman–Crippen LogP) is 3.43. The summed E-state index contributed by atoms with van der Waals surface area (Å²) in [4.78, 5) is 31.0. The van der Waals surface area contributed by atoms with Crippen LogP contribution in [0.5, 0.6) is 0 Å². The average Bonchev–Trinajstić information content (AvgIpc) is 3.21. The molecule has 3 aliphatic rings. The monoisotopic (exact) mass is 455 g/mol. The van der Waals surface area contributed by atoms with Gasteiger partial charge in [-0.05, 0) is 31.5 Å². The van der Waals surface area contributed by atoms with Crippen molar-refractivity contribution in [2.75, 3.05) is 26.2 Å². The zero-order chi connectivity index (χ0) is 23.7. The molecule has 2 aromatic rings. The van der Waals surface area contributed by atoms with E-state index in [1.165, 1.54) is 15.8 Å². The number of para-hydroxylation sites is 1. The van der Waals surface area contributed by atoms with Gasteiger partial charge in [-0.25, -0.2) is 0 Å². The summed E-state index contributed by atoms with van der Waals surface area (Å²) in [6.45, 7) is 8.56. The van der Waals surface area contributed by atoms with Crippen LogP contribution in [-0.4, -0.2) is 56.2 Å². The van der Waals surface area contributed by atoms with E-state index in [0.717, 1.165) is 19.6 Å². The third-order valence-corrected chi connectivity index (χ3v) is 6.51. The van der Waals surface area contributed by atoms with Gasteiger partial charge in [0.2, 0.25) is 0 Å². The van der Waals surface area contributed by atoms with Gasteiger partial charge in [0.1, 0.15) is 5.69 Å². The zero-order valence-electron chi connectivity index (χ0n) is 19.6. The first-order chi connectivity index (χ1) is 16.5. The highest BCUT2D eigenvalue weighted by molar-refractivity contribution is 6.00. The third kappa shape index (κ3) is 4.26. The minimum atomic E-state index is -0.207. The molecule has 0 aromatic heterocycles. The summed E-state index contributed by atoms with van der Waals surface area (Å²) in [7, 11) is 0. The Balaban J connectivity index is 1.38. The Morgan fingerprint density at radius 3 is 2.32 bits per heavy atom. The molecule has 174 valence electrons. The molecule has 0 radical (unpaired) electrons. The highest BCUT2D eigenvalue weighted by Gasteiger charge is 2.29. The van der Waals surface area contributed by atoms with E-state index in [2.05, 4.69) is 41.2 Å². The number of amides is 1. The second-order valence-corrected chi connectivity index (χ2v) is 8.87. The zero-order valence-corrected chi connectivity index (χ0v) is 19.6. The molecule has 3 aliphatic heterocycles. The van der Waals surface area contributed by atoms with Crippen LogP contribution >= 0.6 is 0 Å². The molecular formula is C27H29N5O2. The van der Waals surface area contributed by atoms with Gasteiger partial charge in [0.15, 0.2) is 0 Å². The van der Waals surface area contributed by atoms with E-state index in [-0.39, 0.29) is 11.5 Å². The second-order valence-electron chi connectivity index (χ2n) is 8.87. The fourth-order valence-corrected chi connectivity index (χ4v) is 4.47. The van der Waals surface area contributed by atoms with Crippen LogP contribution in [0.1, 0.15) is 28.4 Å². The maximum Gasteiger partial charge on any atom is 0.282 e. The molecule has 1 fully saturated rings. The first-order valence-corrected chi connectivity index (χ1v) is 11.8. The molecule has 0 aliphatic carbocycles. The molecule has 2 aromatic carbocycles. The van der Waals surface area contributed by atoms with E-state index in [4.69, 9.17) is 0 Å². The van der Waals surface area contributed by atoms with Crippen LogP contribution in [0.3, 0.4) is 0 Å². The minimum Gasteiger partial charge on any atom is -0.353 e. The molecule has 7 nitrogen and oxygen atoms in total. The van der Waals surface area contributed by atoms with Gasteiger partial charge in [0.25, 0.3) is 11.5 Å². The second kappa shape index (κ2) is 9.27. The Morgan fingerprint density at radius 2 is 1.65 bits per heavy atom. The summed E-state index contributed by atoms with van der Waals surface area (Å²) < 4.78 is 3.28. The lowest BCUT2D eigenvalue weighted by Crippen LogP contribution is -2.48. The van der Waals surface area contributed by atoms with E-state index in [1.807, 2.05) is 52.9 Å². The molecule has 1 amide bonds. The number of carbonyl (C=O) groups excluding carboxylic acids is 1. The van der Waals surface area contributed by atoms with Crippen molar-refractivity contribution < 1.29 is 4.79 Å². The highest BCUT2D eigenvalue weighted by Crippen LogP contribution is 2.24. The molecular weight excluding hydrogens is 426 g/mol. The largest absolute Gasteiger partial charge is 0.353 e. The van der Waals surface area contributed by atoms with Gasteiger partial charge < -0.3 is 9.47 Å². The SMILES string of the molecule is CCn1cc(C(=O)N2CCN(Cc3ccc(C)cc3)CC2)c2nn(-c3ccccc3)c(=O)c-2c1. The molecule has 0 bridgehead atoms. The molecule has 5 rings (SSSR count). The fourth-order valence-electron chi connectivity index (χ4n) is 4.47. The van der Waals surface area contributed by atoms with E-state index >= 15 is 0 Å². The number of nitrogens with zero attached hydrogens (tertiary/aromatic N) is 5. The molecule has 0 atom stereocenters.